The van der Waals surface area contributed by atoms with Crippen LogP contribution in [0.1, 0.15) is 29.6 Å². The average molecular weight is 378 g/mol. The third-order valence-electron chi connectivity index (χ3n) is 5.94. The minimum Gasteiger partial charge on any atom is -0.381 e. The summed E-state index contributed by atoms with van der Waals surface area (Å²) in [4.78, 5) is 17.1. The molecule has 7 heteroatoms. The van der Waals surface area contributed by atoms with E-state index in [4.69, 9.17) is 4.74 Å². The van der Waals surface area contributed by atoms with Gasteiger partial charge in [0.05, 0.1) is 18.1 Å². The van der Waals surface area contributed by atoms with Crippen molar-refractivity contribution < 1.29 is 17.9 Å². The number of anilines is 1. The van der Waals surface area contributed by atoms with Crippen molar-refractivity contribution in [2.75, 3.05) is 55.8 Å². The van der Waals surface area contributed by atoms with E-state index in [1.165, 1.54) is 0 Å². The van der Waals surface area contributed by atoms with Crippen molar-refractivity contribution in [3.05, 3.63) is 29.8 Å². The molecule has 3 heterocycles. The Bertz CT molecular complexity index is 772. The van der Waals surface area contributed by atoms with Crippen molar-refractivity contribution in [1.29, 1.82) is 0 Å². The third-order valence-corrected chi connectivity index (χ3v) is 7.55. The first-order valence-corrected chi connectivity index (χ1v) is 11.2. The Morgan fingerprint density at radius 1 is 1.12 bits per heavy atom. The number of benzene rings is 1. The van der Waals surface area contributed by atoms with Crippen molar-refractivity contribution in [2.24, 2.45) is 5.41 Å². The van der Waals surface area contributed by atoms with Gasteiger partial charge < -0.3 is 14.5 Å². The number of nitrogens with zero attached hydrogens (tertiary/aromatic N) is 2. The number of hydrogen-bond acceptors (Lipinski definition) is 5. The van der Waals surface area contributed by atoms with Crippen LogP contribution in [0.2, 0.25) is 0 Å². The largest absolute Gasteiger partial charge is 0.381 e. The maximum atomic E-state index is 13.0. The lowest BCUT2D eigenvalue weighted by molar-refractivity contribution is 0.0462. The van der Waals surface area contributed by atoms with Crippen LogP contribution >= 0.6 is 0 Å². The van der Waals surface area contributed by atoms with Crippen molar-refractivity contribution >= 4 is 21.4 Å². The van der Waals surface area contributed by atoms with Gasteiger partial charge in [0.2, 0.25) is 0 Å². The van der Waals surface area contributed by atoms with E-state index in [2.05, 4.69) is 4.90 Å². The first-order chi connectivity index (χ1) is 12.5. The Labute approximate surface area is 155 Å². The minimum absolute atomic E-state index is 0.0717. The molecule has 0 aliphatic carbocycles. The molecule has 0 aromatic heterocycles. The number of carbonyl (C=O) groups excluding carboxylic acids is 1. The number of likely N-dealkylation sites (tertiary alicyclic amines) is 1. The molecule has 1 aromatic rings. The van der Waals surface area contributed by atoms with Gasteiger partial charge in [0.1, 0.15) is 0 Å². The van der Waals surface area contributed by atoms with Gasteiger partial charge in [-0.3, -0.25) is 4.79 Å². The zero-order valence-corrected chi connectivity index (χ0v) is 15.8. The van der Waals surface area contributed by atoms with E-state index >= 15 is 0 Å². The van der Waals surface area contributed by atoms with Gasteiger partial charge in [-0.25, -0.2) is 8.42 Å². The van der Waals surface area contributed by atoms with E-state index in [1.54, 1.807) is 0 Å². The summed E-state index contributed by atoms with van der Waals surface area (Å²) in [5, 5.41) is 0. The van der Waals surface area contributed by atoms with Crippen LogP contribution in [0.5, 0.6) is 0 Å². The number of ether oxygens (including phenoxy) is 1. The molecule has 26 heavy (non-hydrogen) atoms. The molecular formula is C19H26N2O4S. The topological polar surface area (TPSA) is 66.9 Å². The van der Waals surface area contributed by atoms with Crippen LogP contribution in [0.15, 0.2) is 24.3 Å². The fourth-order valence-corrected chi connectivity index (χ4v) is 5.54. The lowest BCUT2D eigenvalue weighted by atomic mass is 9.79. The summed E-state index contributed by atoms with van der Waals surface area (Å²) < 4.78 is 28.9. The predicted molar refractivity (Wildman–Crippen MR) is 100 cm³/mol. The lowest BCUT2D eigenvalue weighted by Gasteiger charge is -2.39. The number of amides is 1. The number of carbonyl (C=O) groups is 1. The van der Waals surface area contributed by atoms with Crippen molar-refractivity contribution in [2.45, 2.75) is 19.3 Å². The summed E-state index contributed by atoms with van der Waals surface area (Å²) in [5.74, 6) is 0.432. The van der Waals surface area contributed by atoms with Crippen LogP contribution in [-0.2, 0) is 14.6 Å². The molecule has 3 fully saturated rings. The minimum atomic E-state index is -2.91. The van der Waals surface area contributed by atoms with Gasteiger partial charge in [-0.1, -0.05) is 6.07 Å². The van der Waals surface area contributed by atoms with E-state index in [0.717, 1.165) is 51.3 Å². The molecule has 0 radical (unpaired) electrons. The molecule has 0 N–H and O–H groups in total. The molecule has 1 spiro atoms. The first-order valence-electron chi connectivity index (χ1n) is 9.39. The fourth-order valence-electron chi connectivity index (χ4n) is 4.34. The van der Waals surface area contributed by atoms with E-state index in [9.17, 15) is 13.2 Å². The van der Waals surface area contributed by atoms with Crippen LogP contribution in [0, 0.1) is 5.41 Å². The molecule has 3 aliphatic heterocycles. The van der Waals surface area contributed by atoms with E-state index < -0.39 is 9.84 Å². The monoisotopic (exact) mass is 378 g/mol. The predicted octanol–water partition coefficient (Wildman–Crippen LogP) is 1.56. The fraction of sp³-hybridized carbons (Fsp3) is 0.632. The molecule has 1 aromatic carbocycles. The summed E-state index contributed by atoms with van der Waals surface area (Å²) in [7, 11) is -2.91. The first kappa shape index (κ1) is 17.8. The Morgan fingerprint density at radius 3 is 2.65 bits per heavy atom. The maximum absolute atomic E-state index is 13.0. The van der Waals surface area contributed by atoms with Gasteiger partial charge in [-0.2, -0.15) is 0 Å². The van der Waals surface area contributed by atoms with Crippen LogP contribution in [-0.4, -0.2) is 70.1 Å². The van der Waals surface area contributed by atoms with E-state index in [-0.39, 0.29) is 22.8 Å². The number of piperidine rings is 1. The van der Waals surface area contributed by atoms with Crippen molar-refractivity contribution in [1.82, 2.24) is 4.90 Å². The molecule has 6 nitrogen and oxygen atoms in total. The molecule has 1 atom stereocenters. The Kier molecular flexibility index (Phi) is 4.69. The molecule has 0 bridgehead atoms. The number of hydrogen-bond donors (Lipinski definition) is 0. The van der Waals surface area contributed by atoms with E-state index in [0.29, 0.717) is 18.7 Å². The van der Waals surface area contributed by atoms with Crippen molar-refractivity contribution in [3.8, 4) is 0 Å². The van der Waals surface area contributed by atoms with Gasteiger partial charge in [0.25, 0.3) is 5.91 Å². The smallest absolute Gasteiger partial charge is 0.253 e. The van der Waals surface area contributed by atoms with Gasteiger partial charge in [-0.15, -0.1) is 0 Å². The number of rotatable bonds is 2. The van der Waals surface area contributed by atoms with Gasteiger partial charge in [0, 0.05) is 49.5 Å². The van der Waals surface area contributed by atoms with Crippen LogP contribution in [0.4, 0.5) is 5.69 Å². The van der Waals surface area contributed by atoms with Crippen molar-refractivity contribution in [3.63, 3.8) is 0 Å². The summed E-state index contributed by atoms with van der Waals surface area (Å²) in [6, 6.07) is 7.62. The Hall–Kier alpha value is -1.60. The summed E-state index contributed by atoms with van der Waals surface area (Å²) >= 11 is 0. The Balaban J connectivity index is 1.48. The molecular weight excluding hydrogens is 352 g/mol. The highest BCUT2D eigenvalue weighted by Gasteiger charge is 2.40. The normalized spacial score (nSPS) is 28.5. The lowest BCUT2D eigenvalue weighted by Crippen LogP contribution is -2.46. The number of sulfone groups is 1. The highest BCUT2D eigenvalue weighted by Crippen LogP contribution is 2.38. The molecule has 1 amide bonds. The maximum Gasteiger partial charge on any atom is 0.253 e. The molecule has 3 aliphatic rings. The zero-order valence-electron chi connectivity index (χ0n) is 15.0. The highest BCUT2D eigenvalue weighted by atomic mass is 32.2. The quantitative estimate of drug-likeness (QED) is 0.781. The summed E-state index contributed by atoms with van der Waals surface area (Å²) in [6.45, 7) is 4.12. The zero-order chi connectivity index (χ0) is 18.2. The van der Waals surface area contributed by atoms with Gasteiger partial charge >= 0.3 is 0 Å². The van der Waals surface area contributed by atoms with Gasteiger partial charge in [0.15, 0.2) is 9.84 Å². The molecule has 0 saturated carbocycles. The SMILES string of the molecule is O=C(c1cccc(N2CCS(=O)(=O)CC2)c1)N1CCC[C@@]2(CCOC2)C1. The second kappa shape index (κ2) is 6.85. The molecule has 3 saturated heterocycles. The van der Waals surface area contributed by atoms with E-state index in [1.807, 2.05) is 29.2 Å². The average Bonchev–Trinajstić information content (AvgIpc) is 3.08. The molecule has 0 unspecified atom stereocenters. The molecule has 142 valence electrons. The third kappa shape index (κ3) is 3.60. The second-order valence-corrected chi connectivity index (χ2v) is 10.1. The molecule has 4 rings (SSSR count). The van der Waals surface area contributed by atoms with Gasteiger partial charge in [-0.05, 0) is 37.5 Å². The summed E-state index contributed by atoms with van der Waals surface area (Å²) in [6.07, 6.45) is 3.21. The van der Waals surface area contributed by atoms with Crippen LogP contribution in [0.25, 0.3) is 0 Å². The van der Waals surface area contributed by atoms with Crippen LogP contribution in [0.3, 0.4) is 0 Å². The highest BCUT2D eigenvalue weighted by molar-refractivity contribution is 7.91. The summed E-state index contributed by atoms with van der Waals surface area (Å²) in [5.41, 5.74) is 1.76. The van der Waals surface area contributed by atoms with Crippen LogP contribution < -0.4 is 4.90 Å². The second-order valence-electron chi connectivity index (χ2n) is 7.82. The standard InChI is InChI=1S/C19H26N2O4S/c22-18(21-7-2-5-19(14-21)6-10-25-15-19)16-3-1-4-17(13-16)20-8-11-26(23,24)12-9-20/h1,3-4,13H,2,5-12,14-15H2/t19-/m1/s1. The Morgan fingerprint density at radius 2 is 1.92 bits per heavy atom.